The summed E-state index contributed by atoms with van der Waals surface area (Å²) in [6.45, 7) is 2.96. The van der Waals surface area contributed by atoms with Crippen LogP contribution in [-0.4, -0.2) is 35.3 Å². The van der Waals surface area contributed by atoms with E-state index in [4.69, 9.17) is 0 Å². The van der Waals surface area contributed by atoms with Crippen LogP contribution in [0.5, 0.6) is 0 Å². The van der Waals surface area contributed by atoms with E-state index in [1.165, 1.54) is 0 Å². The predicted octanol–water partition coefficient (Wildman–Crippen LogP) is 5.09. The number of halogens is 1. The van der Waals surface area contributed by atoms with Gasteiger partial charge in [0.2, 0.25) is 10.0 Å². The molecule has 4 aromatic rings. The highest BCUT2D eigenvalue weighted by Gasteiger charge is 2.39. The summed E-state index contributed by atoms with van der Waals surface area (Å²) in [5.74, 6) is 0. The first-order valence-corrected chi connectivity index (χ1v) is 13.3. The lowest BCUT2D eigenvalue weighted by Gasteiger charge is -2.43. The monoisotopic (exact) mass is 533 g/mol. The molecule has 1 aliphatic rings. The Labute approximate surface area is 223 Å². The number of nitrogens with zero attached hydrogens (tertiary/aromatic N) is 4. The molecule has 5 rings (SSSR count). The average Bonchev–Trinajstić information content (AvgIpc) is 3.42. The number of fused-ring (bicyclic) bond motifs is 1. The predicted molar refractivity (Wildman–Crippen MR) is 146 cm³/mol. The molecule has 7 nitrogen and oxygen atoms in total. The van der Waals surface area contributed by atoms with Gasteiger partial charge in [-0.05, 0) is 54.8 Å². The molecule has 0 fully saturated rings. The zero-order valence-electron chi connectivity index (χ0n) is 20.4. The third-order valence-electron chi connectivity index (χ3n) is 6.69. The van der Waals surface area contributed by atoms with Gasteiger partial charge in [-0.25, -0.2) is 13.4 Å². The van der Waals surface area contributed by atoms with Crippen molar-refractivity contribution in [3.63, 3.8) is 0 Å². The lowest BCUT2D eigenvalue weighted by Crippen LogP contribution is -2.51. The molecule has 1 N–H and O–H groups in total. The van der Waals surface area contributed by atoms with Gasteiger partial charge in [-0.15, -0.1) is 12.4 Å². The van der Waals surface area contributed by atoms with Gasteiger partial charge in [-0.2, -0.15) is 9.57 Å². The number of nitrogens with one attached hydrogen (secondary N) is 1. The van der Waals surface area contributed by atoms with Gasteiger partial charge in [0.05, 0.1) is 35.1 Å². The molecule has 190 valence electrons. The summed E-state index contributed by atoms with van der Waals surface area (Å²) in [5.41, 5.74) is 4.29. The van der Waals surface area contributed by atoms with Crippen LogP contribution in [0, 0.1) is 11.3 Å². The van der Waals surface area contributed by atoms with Gasteiger partial charge < -0.3 is 9.88 Å². The third-order valence-corrected chi connectivity index (χ3v) is 8.72. The van der Waals surface area contributed by atoms with E-state index in [1.807, 2.05) is 67.7 Å². The van der Waals surface area contributed by atoms with E-state index >= 15 is 0 Å². The van der Waals surface area contributed by atoms with Crippen LogP contribution in [0.1, 0.15) is 35.3 Å². The summed E-state index contributed by atoms with van der Waals surface area (Å²) >= 11 is 0. The Kier molecular flexibility index (Phi) is 7.98. The van der Waals surface area contributed by atoms with E-state index in [1.54, 1.807) is 34.9 Å². The van der Waals surface area contributed by atoms with Crippen molar-refractivity contribution in [2.75, 3.05) is 11.4 Å². The number of aromatic nitrogens is 2. The molecule has 1 aliphatic heterocycles. The summed E-state index contributed by atoms with van der Waals surface area (Å²) < 4.78 is 29.9. The van der Waals surface area contributed by atoms with E-state index in [0.717, 1.165) is 22.5 Å². The second-order valence-electron chi connectivity index (χ2n) is 8.99. The Bertz CT molecular complexity index is 1470. The topological polar surface area (TPSA) is 93.1 Å². The number of rotatable bonds is 7. The van der Waals surface area contributed by atoms with Crippen molar-refractivity contribution in [1.29, 1.82) is 5.26 Å². The largest absolute Gasteiger partial charge is 0.364 e. The minimum atomic E-state index is -3.83. The van der Waals surface area contributed by atoms with E-state index in [0.29, 0.717) is 25.1 Å². The molecule has 2 unspecified atom stereocenters. The van der Waals surface area contributed by atoms with E-state index in [2.05, 4.69) is 20.9 Å². The quantitative estimate of drug-likeness (QED) is 0.357. The van der Waals surface area contributed by atoms with E-state index in [9.17, 15) is 13.7 Å². The fraction of sp³-hybridized carbons (Fsp3) is 0.214. The maximum absolute atomic E-state index is 14.1. The summed E-state index contributed by atoms with van der Waals surface area (Å²) in [5, 5.41) is 9.52. The molecule has 0 amide bonds. The molecule has 2 heterocycles. The summed E-state index contributed by atoms with van der Waals surface area (Å²) in [7, 11) is -3.83. The molecular formula is C28H28ClN5O2S. The molecule has 0 saturated heterocycles. The number of benzene rings is 3. The van der Waals surface area contributed by atoms with Gasteiger partial charge in [0, 0.05) is 30.5 Å². The van der Waals surface area contributed by atoms with Crippen LogP contribution in [0.15, 0.2) is 96.3 Å². The first-order valence-electron chi connectivity index (χ1n) is 11.9. The molecule has 1 aromatic heterocycles. The van der Waals surface area contributed by atoms with Gasteiger partial charge in [0.25, 0.3) is 0 Å². The second kappa shape index (κ2) is 11.2. The van der Waals surface area contributed by atoms with Crippen molar-refractivity contribution in [3.05, 3.63) is 114 Å². The van der Waals surface area contributed by atoms with Crippen molar-refractivity contribution in [3.8, 4) is 6.07 Å². The number of aromatic amines is 1. The normalized spacial score (nSPS) is 15.9. The molecule has 0 radical (unpaired) electrons. The Morgan fingerprint density at radius 3 is 2.46 bits per heavy atom. The molecule has 0 aliphatic carbocycles. The number of imidazole rings is 1. The van der Waals surface area contributed by atoms with Crippen LogP contribution >= 0.6 is 12.4 Å². The Balaban J connectivity index is 0.00000320. The Hall–Kier alpha value is -3.64. The average molecular weight is 534 g/mol. The van der Waals surface area contributed by atoms with Crippen molar-refractivity contribution in [2.24, 2.45) is 0 Å². The molecule has 0 spiro atoms. The second-order valence-corrected chi connectivity index (χ2v) is 10.8. The van der Waals surface area contributed by atoms with Gasteiger partial charge in [-0.3, -0.25) is 0 Å². The van der Waals surface area contributed by atoms with Gasteiger partial charge in [0.15, 0.2) is 0 Å². The first-order chi connectivity index (χ1) is 17.5. The third kappa shape index (κ3) is 5.39. The number of hydrogen-bond donors (Lipinski definition) is 1. The zero-order valence-corrected chi connectivity index (χ0v) is 22.0. The van der Waals surface area contributed by atoms with Crippen molar-refractivity contribution in [1.82, 2.24) is 14.3 Å². The number of hydrogen-bond acceptors (Lipinski definition) is 5. The highest BCUT2D eigenvalue weighted by atomic mass is 35.5. The van der Waals surface area contributed by atoms with Crippen LogP contribution < -0.4 is 4.90 Å². The Morgan fingerprint density at radius 2 is 1.81 bits per heavy atom. The molecular weight excluding hydrogens is 506 g/mol. The SMILES string of the molecule is CC(c1ccccc1)N(C1Cc2cc(C#N)ccc2N(Cc2c[nH]cn2)C1)S(=O)(=O)c1ccccc1.Cl. The molecule has 0 bridgehead atoms. The van der Waals surface area contributed by atoms with E-state index < -0.39 is 16.1 Å². The highest BCUT2D eigenvalue weighted by molar-refractivity contribution is 7.89. The smallest absolute Gasteiger partial charge is 0.243 e. The van der Waals surface area contributed by atoms with Crippen molar-refractivity contribution >= 4 is 28.1 Å². The maximum Gasteiger partial charge on any atom is 0.243 e. The molecule has 3 aromatic carbocycles. The van der Waals surface area contributed by atoms with Crippen LogP contribution in [0.25, 0.3) is 0 Å². The zero-order chi connectivity index (χ0) is 25.1. The molecule has 0 saturated carbocycles. The molecule has 37 heavy (non-hydrogen) atoms. The fourth-order valence-electron chi connectivity index (χ4n) is 5.00. The summed E-state index contributed by atoms with van der Waals surface area (Å²) in [6.07, 6.45) is 3.99. The maximum atomic E-state index is 14.1. The van der Waals surface area contributed by atoms with Crippen molar-refractivity contribution in [2.45, 2.75) is 36.9 Å². The lowest BCUT2D eigenvalue weighted by atomic mass is 9.94. The van der Waals surface area contributed by atoms with Crippen LogP contribution in [0.4, 0.5) is 5.69 Å². The fourth-order valence-corrected chi connectivity index (χ4v) is 6.82. The van der Waals surface area contributed by atoms with Crippen LogP contribution in [-0.2, 0) is 23.0 Å². The number of sulfonamides is 1. The van der Waals surface area contributed by atoms with Crippen molar-refractivity contribution < 1.29 is 8.42 Å². The number of nitriles is 1. The minimum absolute atomic E-state index is 0. The van der Waals surface area contributed by atoms with Gasteiger partial charge in [0.1, 0.15) is 0 Å². The first kappa shape index (κ1) is 26.4. The molecule has 2 atom stereocenters. The van der Waals surface area contributed by atoms with Gasteiger partial charge >= 0.3 is 0 Å². The molecule has 9 heteroatoms. The summed E-state index contributed by atoms with van der Waals surface area (Å²) in [6, 6.07) is 25.4. The summed E-state index contributed by atoms with van der Waals surface area (Å²) in [4.78, 5) is 9.80. The van der Waals surface area contributed by atoms with E-state index in [-0.39, 0.29) is 23.3 Å². The number of H-pyrrole nitrogens is 1. The van der Waals surface area contributed by atoms with Gasteiger partial charge in [-0.1, -0.05) is 48.5 Å². The lowest BCUT2D eigenvalue weighted by molar-refractivity contribution is 0.255. The van der Waals surface area contributed by atoms with Crippen LogP contribution in [0.3, 0.4) is 0 Å². The highest BCUT2D eigenvalue weighted by Crippen LogP contribution is 2.37. The number of anilines is 1. The Morgan fingerprint density at radius 1 is 1.11 bits per heavy atom. The minimum Gasteiger partial charge on any atom is -0.364 e. The van der Waals surface area contributed by atoms with Crippen LogP contribution in [0.2, 0.25) is 0 Å². The standard InChI is InChI=1S/C28H27N5O2S.ClH/c1-21(23-8-4-2-5-9-23)33(36(34,35)27-10-6-3-7-11-27)26-15-24-14-22(16-29)12-13-28(24)32(19-26)18-25-17-30-20-31-25;/h2-14,17,20-21,26H,15,18-19H2,1H3,(H,30,31);1H.